The van der Waals surface area contributed by atoms with Crippen LogP contribution in [0, 0.1) is 0 Å². The number of nitrogens with one attached hydrogen (secondary N) is 2. The third-order valence-electron chi connectivity index (χ3n) is 5.64. The van der Waals surface area contributed by atoms with Gasteiger partial charge in [-0.15, -0.1) is 5.10 Å². The molecule has 0 bridgehead atoms. The largest absolute Gasteiger partial charge is 0.497 e. The minimum absolute atomic E-state index is 0.0615. The van der Waals surface area contributed by atoms with E-state index < -0.39 is 0 Å². The van der Waals surface area contributed by atoms with Crippen molar-refractivity contribution >= 4 is 22.5 Å². The summed E-state index contributed by atoms with van der Waals surface area (Å²) in [6.07, 6.45) is 4.30. The van der Waals surface area contributed by atoms with Crippen LogP contribution in [0.1, 0.15) is 12.0 Å². The van der Waals surface area contributed by atoms with Gasteiger partial charge in [-0.2, -0.15) is 0 Å². The maximum absolute atomic E-state index is 12.9. The minimum Gasteiger partial charge on any atom is -0.497 e. The zero-order valence-corrected chi connectivity index (χ0v) is 18.2. The number of fused-ring (bicyclic) bond motifs is 1. The van der Waals surface area contributed by atoms with Crippen molar-refractivity contribution in [1.29, 1.82) is 0 Å². The molecule has 3 aromatic carbocycles. The molecule has 0 saturated heterocycles. The predicted octanol–water partition coefficient (Wildman–Crippen LogP) is 5.00. The van der Waals surface area contributed by atoms with Crippen molar-refractivity contribution in [3.05, 3.63) is 90.8 Å². The number of nitrogens with zero attached hydrogens (tertiary/aromatic N) is 3. The summed E-state index contributed by atoms with van der Waals surface area (Å²) in [7, 11) is 1.66. The molecule has 2 aromatic heterocycles. The van der Waals surface area contributed by atoms with Crippen molar-refractivity contribution in [2.45, 2.75) is 12.8 Å². The lowest BCUT2D eigenvalue weighted by molar-refractivity contribution is -0.116. The van der Waals surface area contributed by atoms with Gasteiger partial charge in [-0.05, 0) is 60.0 Å². The molecule has 0 aliphatic carbocycles. The summed E-state index contributed by atoms with van der Waals surface area (Å²) in [5.74, 6) is 0.746. The predicted molar refractivity (Wildman–Crippen MR) is 129 cm³/mol. The average Bonchev–Trinajstić information content (AvgIpc) is 3.51. The Morgan fingerprint density at radius 3 is 2.61 bits per heavy atom. The smallest absolute Gasteiger partial charge is 0.224 e. The van der Waals surface area contributed by atoms with Gasteiger partial charge in [0, 0.05) is 23.0 Å². The molecule has 0 fully saturated rings. The van der Waals surface area contributed by atoms with Crippen molar-refractivity contribution in [3.63, 3.8) is 0 Å². The minimum atomic E-state index is -0.0615. The molecule has 2 N–H and O–H groups in total. The van der Waals surface area contributed by atoms with Crippen molar-refractivity contribution in [2.75, 3.05) is 12.4 Å². The van der Waals surface area contributed by atoms with Crippen LogP contribution < -0.4 is 10.1 Å². The number of carbonyl (C=O) groups excluding carboxylic acids is 1. The van der Waals surface area contributed by atoms with Gasteiger partial charge in [0.15, 0.2) is 0 Å². The number of aromatic nitrogens is 4. The Balaban J connectivity index is 1.39. The van der Waals surface area contributed by atoms with Crippen LogP contribution in [0.25, 0.3) is 27.8 Å². The molecule has 0 saturated carbocycles. The summed E-state index contributed by atoms with van der Waals surface area (Å²) in [4.78, 5) is 16.4. The zero-order chi connectivity index (χ0) is 22.6. The van der Waals surface area contributed by atoms with E-state index in [-0.39, 0.29) is 5.91 Å². The normalized spacial score (nSPS) is 10.9. The Labute approximate surface area is 191 Å². The van der Waals surface area contributed by atoms with Crippen LogP contribution in [0.3, 0.4) is 0 Å². The number of ether oxygens (including phenoxy) is 1. The van der Waals surface area contributed by atoms with Crippen molar-refractivity contribution in [3.8, 4) is 22.7 Å². The van der Waals surface area contributed by atoms with Crippen LogP contribution in [0.5, 0.6) is 5.75 Å². The monoisotopic (exact) mass is 437 g/mol. The highest BCUT2D eigenvalue weighted by Gasteiger charge is 2.15. The summed E-state index contributed by atoms with van der Waals surface area (Å²) in [6, 6.07) is 23.7. The van der Waals surface area contributed by atoms with E-state index in [4.69, 9.17) is 4.74 Å². The van der Waals surface area contributed by atoms with E-state index in [1.54, 1.807) is 24.2 Å². The molecule has 5 aromatic rings. The number of benzene rings is 3. The second-order valence-electron chi connectivity index (χ2n) is 7.67. The molecule has 0 atom stereocenters. The fourth-order valence-corrected chi connectivity index (χ4v) is 4.03. The maximum atomic E-state index is 12.9. The van der Waals surface area contributed by atoms with Crippen LogP contribution in [-0.2, 0) is 11.2 Å². The summed E-state index contributed by atoms with van der Waals surface area (Å²) in [5.41, 5.74) is 5.72. The molecular formula is C26H23N5O2. The lowest BCUT2D eigenvalue weighted by atomic mass is 10.0. The summed E-state index contributed by atoms with van der Waals surface area (Å²) < 4.78 is 6.93. The summed E-state index contributed by atoms with van der Waals surface area (Å²) in [6.45, 7) is 0. The Morgan fingerprint density at radius 2 is 1.82 bits per heavy atom. The van der Waals surface area contributed by atoms with Gasteiger partial charge >= 0.3 is 0 Å². The lowest BCUT2D eigenvalue weighted by Crippen LogP contribution is -2.14. The Hall–Kier alpha value is -4.39. The van der Waals surface area contributed by atoms with Crippen molar-refractivity contribution in [1.82, 2.24) is 20.0 Å². The van der Waals surface area contributed by atoms with Crippen LogP contribution in [0.2, 0.25) is 0 Å². The third-order valence-corrected chi connectivity index (χ3v) is 5.64. The number of para-hydroxylation sites is 3. The van der Waals surface area contributed by atoms with Gasteiger partial charge < -0.3 is 15.0 Å². The molecule has 2 heterocycles. The van der Waals surface area contributed by atoms with E-state index >= 15 is 0 Å². The topological polar surface area (TPSA) is 84.8 Å². The number of aryl methyl sites for hydroxylation is 1. The maximum Gasteiger partial charge on any atom is 0.224 e. The molecule has 0 unspecified atom stereocenters. The molecule has 33 heavy (non-hydrogen) atoms. The number of methoxy groups -OCH3 is 1. The second kappa shape index (κ2) is 9.00. The van der Waals surface area contributed by atoms with Crippen molar-refractivity contribution in [2.24, 2.45) is 0 Å². The molecular weight excluding hydrogens is 414 g/mol. The second-order valence-corrected chi connectivity index (χ2v) is 7.67. The molecule has 0 spiro atoms. The van der Waals surface area contributed by atoms with E-state index in [0.717, 1.165) is 39.2 Å². The summed E-state index contributed by atoms with van der Waals surface area (Å²) in [5, 5.41) is 12.0. The molecule has 7 nitrogen and oxygen atoms in total. The number of carbonyl (C=O) groups is 1. The van der Waals surface area contributed by atoms with Gasteiger partial charge in [0.25, 0.3) is 0 Å². The number of rotatable bonds is 7. The molecule has 0 radical (unpaired) electrons. The van der Waals surface area contributed by atoms with Crippen LogP contribution in [0.4, 0.5) is 5.69 Å². The number of anilines is 1. The number of hydrogen-bond donors (Lipinski definition) is 2. The fourth-order valence-electron chi connectivity index (χ4n) is 4.03. The van der Waals surface area contributed by atoms with Crippen molar-refractivity contribution < 1.29 is 9.53 Å². The number of amides is 1. The van der Waals surface area contributed by atoms with E-state index in [2.05, 4.69) is 32.7 Å². The van der Waals surface area contributed by atoms with E-state index in [9.17, 15) is 4.79 Å². The first-order chi connectivity index (χ1) is 16.2. The number of H-pyrrole nitrogens is 1. The molecule has 0 aliphatic rings. The number of aromatic amines is 1. The van der Waals surface area contributed by atoms with Gasteiger partial charge in [0.1, 0.15) is 5.75 Å². The first kappa shape index (κ1) is 20.5. The first-order valence-corrected chi connectivity index (χ1v) is 10.7. The molecule has 1 amide bonds. The Kier molecular flexibility index (Phi) is 5.59. The standard InChI is InChI=1S/C26H23N5O2/c1-33-19-12-10-18(11-13-19)26-21(20-6-2-3-7-22(20)29-26)14-15-25(32)28-23-8-4-5-9-24(23)31-17-16-27-30-31/h2-13,16-17,29H,14-15H2,1H3,(H,28,32). The highest BCUT2D eigenvalue weighted by Crippen LogP contribution is 2.32. The molecule has 0 aliphatic heterocycles. The molecule has 7 heteroatoms. The quantitative estimate of drug-likeness (QED) is 0.375. The fraction of sp³-hybridized carbons (Fsp3) is 0.115. The Morgan fingerprint density at radius 1 is 1.03 bits per heavy atom. The number of hydrogen-bond acceptors (Lipinski definition) is 4. The summed E-state index contributed by atoms with van der Waals surface area (Å²) >= 11 is 0. The molecule has 5 rings (SSSR count). The first-order valence-electron chi connectivity index (χ1n) is 10.7. The van der Waals surface area contributed by atoms with Crippen LogP contribution in [0.15, 0.2) is 85.2 Å². The SMILES string of the molecule is COc1ccc(-c2[nH]c3ccccc3c2CCC(=O)Nc2ccccc2-n2ccnn2)cc1. The van der Waals surface area contributed by atoms with E-state index in [0.29, 0.717) is 18.5 Å². The Bertz CT molecular complexity index is 1390. The van der Waals surface area contributed by atoms with Crippen LogP contribution >= 0.6 is 0 Å². The van der Waals surface area contributed by atoms with E-state index in [1.807, 2.05) is 60.7 Å². The van der Waals surface area contributed by atoms with Gasteiger partial charge in [-0.1, -0.05) is 35.5 Å². The average molecular weight is 438 g/mol. The zero-order valence-electron chi connectivity index (χ0n) is 18.2. The molecule has 164 valence electrons. The van der Waals surface area contributed by atoms with Gasteiger partial charge in [0.2, 0.25) is 5.91 Å². The third kappa shape index (κ3) is 4.21. The highest BCUT2D eigenvalue weighted by atomic mass is 16.5. The van der Waals surface area contributed by atoms with Gasteiger partial charge in [0.05, 0.1) is 30.9 Å². The lowest BCUT2D eigenvalue weighted by Gasteiger charge is -2.11. The van der Waals surface area contributed by atoms with Gasteiger partial charge in [-0.3, -0.25) is 4.79 Å². The van der Waals surface area contributed by atoms with Gasteiger partial charge in [-0.25, -0.2) is 4.68 Å². The van der Waals surface area contributed by atoms with Crippen LogP contribution in [-0.4, -0.2) is 33.0 Å². The highest BCUT2D eigenvalue weighted by molar-refractivity contribution is 5.95. The van der Waals surface area contributed by atoms with E-state index in [1.165, 1.54) is 0 Å².